The molecule has 2 amide bonds. The van der Waals surface area contributed by atoms with Gasteiger partial charge in [-0.2, -0.15) is 0 Å². The van der Waals surface area contributed by atoms with Gasteiger partial charge in [0.15, 0.2) is 12.1 Å². The molecule has 1 aliphatic rings. The van der Waals surface area contributed by atoms with Gasteiger partial charge in [0.25, 0.3) is 0 Å². The Balaban J connectivity index is 0. The summed E-state index contributed by atoms with van der Waals surface area (Å²) in [6.07, 6.45) is -3.83. The Hall–Kier alpha value is -3.17. The molecule has 0 aromatic heterocycles. The Labute approximate surface area is 203 Å². The number of carbonyl (C=O) groups excluding carboxylic acids is 4. The molecule has 1 saturated heterocycles. The topological polar surface area (TPSA) is 233 Å². The highest BCUT2D eigenvalue weighted by Gasteiger charge is 2.36. The molecule has 15 nitrogen and oxygen atoms in total. The van der Waals surface area contributed by atoms with E-state index in [1.807, 2.05) is 0 Å². The Bertz CT molecular complexity index is 721. The smallest absolute Gasteiger partial charge is 0.408 e. The second-order valence-electron chi connectivity index (χ2n) is 8.25. The Kier molecular flexibility index (Phi) is 15.2. The van der Waals surface area contributed by atoms with Crippen LogP contribution in [0.4, 0.5) is 9.59 Å². The molecule has 1 fully saturated rings. The molecule has 0 saturated carbocycles. The summed E-state index contributed by atoms with van der Waals surface area (Å²) in [5, 5.41) is 30.4. The van der Waals surface area contributed by atoms with Crippen LogP contribution in [-0.2, 0) is 33.3 Å². The standard InChI is InChI=1S/C10H19NO5.C6H9NO4.C4H9NO3/c1-6(12)7(8(13)15-5)11-9(14)16-10(2,3)4;1-3-4(5(8)10-2)7-6(9)11-3;1-2(6)3(5)4(7)8/h6-7,12H,1-5H3,(H,11,14);3-4H,1-2H3,(H,7,9);2-3,6H,5H2,1H3,(H,7,8)/t6-,7+;3-,4-;2-,3-/m100/s1. The lowest BCUT2D eigenvalue weighted by molar-refractivity contribution is -0.146. The fourth-order valence-corrected chi connectivity index (χ4v) is 2.04. The fourth-order valence-electron chi connectivity index (χ4n) is 2.04. The number of hydrogen-bond acceptors (Lipinski definition) is 12. The maximum absolute atomic E-state index is 11.3. The van der Waals surface area contributed by atoms with E-state index in [-0.39, 0.29) is 0 Å². The number of aliphatic hydroxyl groups excluding tert-OH is 2. The first-order chi connectivity index (χ1) is 15.9. The first-order valence-electron chi connectivity index (χ1n) is 10.3. The summed E-state index contributed by atoms with van der Waals surface area (Å²) in [6, 6.07) is -2.94. The van der Waals surface area contributed by atoms with E-state index in [0.717, 1.165) is 0 Å². The maximum atomic E-state index is 11.3. The zero-order valence-corrected chi connectivity index (χ0v) is 21.1. The van der Waals surface area contributed by atoms with Gasteiger partial charge in [0, 0.05) is 0 Å². The molecule has 1 heterocycles. The van der Waals surface area contributed by atoms with E-state index in [1.165, 1.54) is 28.1 Å². The van der Waals surface area contributed by atoms with Crippen molar-refractivity contribution in [1.82, 2.24) is 10.6 Å². The van der Waals surface area contributed by atoms with Gasteiger partial charge in [0.2, 0.25) is 0 Å². The second kappa shape index (κ2) is 15.7. The number of aliphatic carboxylic acids is 1. The van der Waals surface area contributed by atoms with Crippen LogP contribution in [0.1, 0.15) is 41.5 Å². The predicted molar refractivity (Wildman–Crippen MR) is 119 cm³/mol. The molecule has 1 rings (SSSR count). The van der Waals surface area contributed by atoms with E-state index >= 15 is 0 Å². The van der Waals surface area contributed by atoms with Crippen LogP contribution < -0.4 is 16.4 Å². The highest BCUT2D eigenvalue weighted by atomic mass is 16.6. The fraction of sp³-hybridized carbons (Fsp3) is 0.750. The minimum Gasteiger partial charge on any atom is -0.480 e. The van der Waals surface area contributed by atoms with Crippen LogP contribution in [0.5, 0.6) is 0 Å². The lowest BCUT2D eigenvalue weighted by Crippen LogP contribution is -2.49. The monoisotopic (exact) mass is 511 g/mol. The van der Waals surface area contributed by atoms with E-state index < -0.39 is 72.1 Å². The molecule has 0 radical (unpaired) electrons. The molecular formula is C20H37N3O12. The van der Waals surface area contributed by atoms with E-state index in [1.54, 1.807) is 27.7 Å². The van der Waals surface area contributed by atoms with Crippen molar-refractivity contribution in [3.63, 3.8) is 0 Å². The van der Waals surface area contributed by atoms with Gasteiger partial charge in [-0.25, -0.2) is 19.2 Å². The molecule has 7 N–H and O–H groups in total. The number of rotatable bonds is 6. The number of aliphatic hydroxyl groups is 2. The van der Waals surface area contributed by atoms with Crippen LogP contribution in [0.2, 0.25) is 0 Å². The number of cyclic esters (lactones) is 1. The quantitative estimate of drug-likeness (QED) is 0.183. The number of carboxylic acids is 1. The van der Waals surface area contributed by atoms with Gasteiger partial charge in [-0.1, -0.05) is 0 Å². The third-order valence-electron chi connectivity index (χ3n) is 3.91. The molecular weight excluding hydrogens is 474 g/mol. The van der Waals surface area contributed by atoms with Crippen molar-refractivity contribution in [1.29, 1.82) is 0 Å². The number of ether oxygens (including phenoxy) is 4. The zero-order chi connectivity index (χ0) is 28.1. The molecule has 204 valence electrons. The molecule has 35 heavy (non-hydrogen) atoms. The van der Waals surface area contributed by atoms with Crippen LogP contribution in [0.15, 0.2) is 0 Å². The van der Waals surface area contributed by atoms with Crippen molar-refractivity contribution in [2.75, 3.05) is 14.2 Å². The summed E-state index contributed by atoms with van der Waals surface area (Å²) >= 11 is 0. The van der Waals surface area contributed by atoms with E-state index in [0.29, 0.717) is 0 Å². The first-order valence-corrected chi connectivity index (χ1v) is 10.3. The Morgan fingerprint density at radius 3 is 1.86 bits per heavy atom. The lowest BCUT2D eigenvalue weighted by Gasteiger charge is -2.23. The normalized spacial score (nSPS) is 19.9. The van der Waals surface area contributed by atoms with Crippen molar-refractivity contribution in [3.05, 3.63) is 0 Å². The van der Waals surface area contributed by atoms with Crippen LogP contribution in [0, 0.1) is 0 Å². The van der Waals surface area contributed by atoms with Gasteiger partial charge in [-0.3, -0.25) is 4.79 Å². The van der Waals surface area contributed by atoms with E-state index in [2.05, 4.69) is 24.8 Å². The molecule has 0 spiro atoms. The predicted octanol–water partition coefficient (Wildman–Crippen LogP) is -1.13. The Morgan fingerprint density at radius 1 is 1.09 bits per heavy atom. The van der Waals surface area contributed by atoms with Crippen molar-refractivity contribution < 1.29 is 58.2 Å². The number of esters is 2. The van der Waals surface area contributed by atoms with Crippen molar-refractivity contribution >= 4 is 30.1 Å². The number of carbonyl (C=O) groups is 5. The van der Waals surface area contributed by atoms with Crippen molar-refractivity contribution in [2.24, 2.45) is 5.73 Å². The number of hydrogen-bond donors (Lipinski definition) is 6. The third-order valence-corrected chi connectivity index (χ3v) is 3.91. The summed E-state index contributed by atoms with van der Waals surface area (Å²) < 4.78 is 18.4. The van der Waals surface area contributed by atoms with E-state index in [9.17, 15) is 29.1 Å². The highest BCUT2D eigenvalue weighted by molar-refractivity contribution is 5.84. The highest BCUT2D eigenvalue weighted by Crippen LogP contribution is 2.09. The van der Waals surface area contributed by atoms with Crippen LogP contribution in [0.25, 0.3) is 0 Å². The summed E-state index contributed by atoms with van der Waals surface area (Å²) in [7, 11) is 2.44. The average Bonchev–Trinajstić information content (AvgIpc) is 3.07. The molecule has 0 unspecified atom stereocenters. The van der Waals surface area contributed by atoms with Crippen molar-refractivity contribution in [3.8, 4) is 0 Å². The minimum atomic E-state index is -1.18. The van der Waals surface area contributed by atoms with Gasteiger partial charge >= 0.3 is 30.1 Å². The van der Waals surface area contributed by atoms with Gasteiger partial charge < -0.3 is 50.6 Å². The van der Waals surface area contributed by atoms with Crippen LogP contribution in [0.3, 0.4) is 0 Å². The molecule has 15 heteroatoms. The third kappa shape index (κ3) is 14.6. The largest absolute Gasteiger partial charge is 0.480 e. The number of nitrogens with one attached hydrogen (secondary N) is 2. The average molecular weight is 512 g/mol. The molecule has 0 bridgehead atoms. The number of amides is 2. The van der Waals surface area contributed by atoms with Crippen LogP contribution in [-0.4, -0.2) is 102 Å². The summed E-state index contributed by atoms with van der Waals surface area (Å²) in [5.74, 6) is -2.38. The first kappa shape index (κ1) is 34.0. The summed E-state index contributed by atoms with van der Waals surface area (Å²) in [5.41, 5.74) is 4.25. The summed E-state index contributed by atoms with van der Waals surface area (Å²) in [6.45, 7) is 9.42. The van der Waals surface area contributed by atoms with Gasteiger partial charge in [0.1, 0.15) is 17.7 Å². The van der Waals surface area contributed by atoms with Crippen molar-refractivity contribution in [2.45, 2.75) is 83.6 Å². The number of carboxylic acid groups (broad SMARTS) is 1. The number of methoxy groups -OCH3 is 2. The molecule has 0 aromatic rings. The lowest BCUT2D eigenvalue weighted by atomic mass is 10.2. The van der Waals surface area contributed by atoms with Crippen LogP contribution >= 0.6 is 0 Å². The Morgan fingerprint density at radius 2 is 1.60 bits per heavy atom. The van der Waals surface area contributed by atoms with Gasteiger partial charge in [-0.15, -0.1) is 0 Å². The molecule has 0 aromatic carbocycles. The SMILES string of the molecule is COC(=O)[C@@H](NC(=O)OC(C)(C)C)[C@@H](C)O.COC(=O)[C@H]1NC(=O)O[C@H]1C.C[C@H](O)[C@H](N)C(=O)O. The molecule has 6 atom stereocenters. The molecule has 1 aliphatic heterocycles. The van der Waals surface area contributed by atoms with Gasteiger partial charge in [-0.05, 0) is 41.5 Å². The van der Waals surface area contributed by atoms with E-state index in [4.69, 9.17) is 20.7 Å². The van der Waals surface area contributed by atoms with Gasteiger partial charge in [0.05, 0.1) is 26.4 Å². The molecule has 0 aliphatic carbocycles. The number of alkyl carbamates (subject to hydrolysis) is 2. The zero-order valence-electron chi connectivity index (χ0n) is 21.1. The minimum absolute atomic E-state index is 0.449. The number of nitrogens with two attached hydrogens (primary N) is 1. The maximum Gasteiger partial charge on any atom is 0.408 e. The summed E-state index contributed by atoms with van der Waals surface area (Å²) in [4.78, 5) is 53.8. The second-order valence-corrected chi connectivity index (χ2v) is 8.25.